The van der Waals surface area contributed by atoms with E-state index < -0.39 is 0 Å². The van der Waals surface area contributed by atoms with E-state index in [2.05, 4.69) is 89.0 Å². The lowest BCUT2D eigenvalue weighted by molar-refractivity contribution is 0.411. The number of aromatic amines is 1. The van der Waals surface area contributed by atoms with Crippen LogP contribution in [-0.4, -0.2) is 9.97 Å². The molecule has 0 unspecified atom stereocenters. The second kappa shape index (κ2) is 6.33. The summed E-state index contributed by atoms with van der Waals surface area (Å²) >= 11 is 0. The highest BCUT2D eigenvalue weighted by Crippen LogP contribution is 2.26. The largest absolute Gasteiger partial charge is 0.338 e. The zero-order valence-electron chi connectivity index (χ0n) is 16.4. The SMILES string of the molecule is CC(C)(C)Cc1ccc(-c2nc3ccc(CC(C)(C)C)cc3[nH]2)cc1. The summed E-state index contributed by atoms with van der Waals surface area (Å²) in [7, 11) is 0. The van der Waals surface area contributed by atoms with Crippen LogP contribution in [0.3, 0.4) is 0 Å². The molecule has 25 heavy (non-hydrogen) atoms. The smallest absolute Gasteiger partial charge is 0.138 e. The maximum Gasteiger partial charge on any atom is 0.138 e. The third kappa shape index (κ3) is 4.72. The first-order valence-corrected chi connectivity index (χ1v) is 9.17. The van der Waals surface area contributed by atoms with Crippen molar-refractivity contribution in [1.82, 2.24) is 9.97 Å². The monoisotopic (exact) mass is 334 g/mol. The minimum absolute atomic E-state index is 0.291. The Labute approximate surface area is 151 Å². The molecule has 0 aliphatic heterocycles. The van der Waals surface area contributed by atoms with Crippen LogP contribution in [0, 0.1) is 10.8 Å². The third-order valence-corrected chi connectivity index (χ3v) is 4.24. The number of hydrogen-bond acceptors (Lipinski definition) is 1. The molecular formula is C23H30N2. The molecule has 0 atom stereocenters. The highest BCUT2D eigenvalue weighted by molar-refractivity contribution is 5.80. The molecule has 0 fully saturated rings. The average molecular weight is 335 g/mol. The van der Waals surface area contributed by atoms with E-state index in [0.717, 1.165) is 35.3 Å². The maximum absolute atomic E-state index is 4.77. The van der Waals surface area contributed by atoms with Gasteiger partial charge in [0.15, 0.2) is 0 Å². The van der Waals surface area contributed by atoms with Gasteiger partial charge in [0.25, 0.3) is 0 Å². The fourth-order valence-electron chi connectivity index (χ4n) is 3.31. The number of nitrogens with one attached hydrogen (secondary N) is 1. The lowest BCUT2D eigenvalue weighted by Gasteiger charge is -2.18. The molecule has 0 saturated carbocycles. The van der Waals surface area contributed by atoms with Gasteiger partial charge in [-0.3, -0.25) is 0 Å². The van der Waals surface area contributed by atoms with Gasteiger partial charge in [-0.05, 0) is 46.9 Å². The van der Waals surface area contributed by atoms with Crippen LogP contribution in [-0.2, 0) is 12.8 Å². The normalized spacial score (nSPS) is 12.7. The molecule has 0 bridgehead atoms. The van der Waals surface area contributed by atoms with E-state index in [4.69, 9.17) is 4.98 Å². The molecule has 0 amide bonds. The lowest BCUT2D eigenvalue weighted by Crippen LogP contribution is -2.08. The molecule has 1 aromatic heterocycles. The van der Waals surface area contributed by atoms with Crippen LogP contribution < -0.4 is 0 Å². The number of fused-ring (bicyclic) bond motifs is 1. The van der Waals surface area contributed by atoms with Crippen LogP contribution in [0.5, 0.6) is 0 Å². The number of rotatable bonds is 3. The number of aromatic nitrogens is 2. The Kier molecular flexibility index (Phi) is 4.49. The molecule has 3 rings (SSSR count). The number of hydrogen-bond donors (Lipinski definition) is 1. The zero-order valence-corrected chi connectivity index (χ0v) is 16.4. The quantitative estimate of drug-likeness (QED) is 0.589. The van der Waals surface area contributed by atoms with E-state index in [1.54, 1.807) is 0 Å². The van der Waals surface area contributed by atoms with E-state index in [0.29, 0.717) is 10.8 Å². The van der Waals surface area contributed by atoms with Gasteiger partial charge >= 0.3 is 0 Å². The second-order valence-electron chi connectivity index (χ2n) is 9.61. The predicted octanol–water partition coefficient (Wildman–Crippen LogP) is 6.41. The summed E-state index contributed by atoms with van der Waals surface area (Å²) < 4.78 is 0. The van der Waals surface area contributed by atoms with Crippen LogP contribution >= 0.6 is 0 Å². The van der Waals surface area contributed by atoms with Crippen molar-refractivity contribution in [3.8, 4) is 11.4 Å². The Hall–Kier alpha value is -2.09. The summed E-state index contributed by atoms with van der Waals surface area (Å²) in [6.45, 7) is 13.6. The van der Waals surface area contributed by atoms with Gasteiger partial charge in [-0.25, -0.2) is 4.98 Å². The molecule has 3 aromatic rings. The van der Waals surface area contributed by atoms with E-state index in [1.165, 1.54) is 11.1 Å². The summed E-state index contributed by atoms with van der Waals surface area (Å²) in [5.74, 6) is 0.949. The van der Waals surface area contributed by atoms with Crippen molar-refractivity contribution in [2.75, 3.05) is 0 Å². The zero-order chi connectivity index (χ0) is 18.2. The minimum atomic E-state index is 0.291. The molecule has 2 heteroatoms. The summed E-state index contributed by atoms with van der Waals surface area (Å²) in [4.78, 5) is 8.26. The Morgan fingerprint density at radius 3 is 1.92 bits per heavy atom. The Morgan fingerprint density at radius 2 is 1.32 bits per heavy atom. The third-order valence-electron chi connectivity index (χ3n) is 4.24. The topological polar surface area (TPSA) is 28.7 Å². The predicted molar refractivity (Wildman–Crippen MR) is 108 cm³/mol. The van der Waals surface area contributed by atoms with Crippen molar-refractivity contribution in [1.29, 1.82) is 0 Å². The fourth-order valence-corrected chi connectivity index (χ4v) is 3.31. The van der Waals surface area contributed by atoms with Crippen LogP contribution in [0.2, 0.25) is 0 Å². The van der Waals surface area contributed by atoms with Gasteiger partial charge in [-0.2, -0.15) is 0 Å². The van der Waals surface area contributed by atoms with Crippen molar-refractivity contribution in [2.24, 2.45) is 10.8 Å². The molecule has 0 radical (unpaired) electrons. The highest BCUT2D eigenvalue weighted by Gasteiger charge is 2.14. The summed E-state index contributed by atoms with van der Waals surface area (Å²) in [6, 6.07) is 15.4. The van der Waals surface area contributed by atoms with Gasteiger partial charge in [0.1, 0.15) is 5.82 Å². The van der Waals surface area contributed by atoms with Crippen LogP contribution in [0.1, 0.15) is 52.7 Å². The molecule has 0 saturated heterocycles. The molecule has 2 aromatic carbocycles. The highest BCUT2D eigenvalue weighted by atomic mass is 14.9. The Balaban J connectivity index is 1.86. The first-order valence-electron chi connectivity index (χ1n) is 9.17. The van der Waals surface area contributed by atoms with Crippen molar-refractivity contribution in [3.63, 3.8) is 0 Å². The van der Waals surface area contributed by atoms with Crippen LogP contribution in [0.15, 0.2) is 42.5 Å². The lowest BCUT2D eigenvalue weighted by atomic mass is 9.88. The molecule has 0 aliphatic rings. The van der Waals surface area contributed by atoms with Crippen molar-refractivity contribution < 1.29 is 0 Å². The first kappa shape index (κ1) is 17.7. The van der Waals surface area contributed by atoms with Gasteiger partial charge < -0.3 is 4.98 Å². The van der Waals surface area contributed by atoms with E-state index in [1.807, 2.05) is 0 Å². The maximum atomic E-state index is 4.77. The average Bonchev–Trinajstić information content (AvgIpc) is 2.87. The molecule has 1 N–H and O–H groups in total. The molecule has 0 aliphatic carbocycles. The van der Waals surface area contributed by atoms with Gasteiger partial charge in [0, 0.05) is 5.56 Å². The van der Waals surface area contributed by atoms with Crippen molar-refractivity contribution in [2.45, 2.75) is 54.4 Å². The fraction of sp³-hybridized carbons (Fsp3) is 0.435. The number of imidazole rings is 1. The molecular weight excluding hydrogens is 304 g/mol. The second-order valence-corrected chi connectivity index (χ2v) is 9.61. The summed E-state index contributed by atoms with van der Waals surface area (Å²) in [5, 5.41) is 0. The van der Waals surface area contributed by atoms with Crippen LogP contribution in [0.4, 0.5) is 0 Å². The number of H-pyrrole nitrogens is 1. The van der Waals surface area contributed by atoms with Crippen LogP contribution in [0.25, 0.3) is 22.4 Å². The Bertz CT molecular complexity index is 856. The Morgan fingerprint density at radius 1 is 0.760 bits per heavy atom. The van der Waals surface area contributed by atoms with Gasteiger partial charge in [0.2, 0.25) is 0 Å². The molecule has 132 valence electrons. The van der Waals surface area contributed by atoms with Gasteiger partial charge in [0.05, 0.1) is 11.0 Å². The standard InChI is InChI=1S/C23H30N2/c1-22(2,3)14-16-7-10-18(11-8-16)21-24-19-12-9-17(13-20(19)25-21)15-23(4,5)6/h7-13H,14-15H2,1-6H3,(H,24,25). The van der Waals surface area contributed by atoms with E-state index >= 15 is 0 Å². The van der Waals surface area contributed by atoms with Crippen molar-refractivity contribution >= 4 is 11.0 Å². The first-order chi connectivity index (χ1) is 11.6. The number of nitrogens with zero attached hydrogens (tertiary/aromatic N) is 1. The van der Waals surface area contributed by atoms with Crippen molar-refractivity contribution in [3.05, 3.63) is 53.6 Å². The minimum Gasteiger partial charge on any atom is -0.338 e. The molecule has 1 heterocycles. The summed E-state index contributed by atoms with van der Waals surface area (Å²) in [5.41, 5.74) is 6.63. The van der Waals surface area contributed by atoms with Gasteiger partial charge in [-0.1, -0.05) is 71.9 Å². The van der Waals surface area contributed by atoms with Gasteiger partial charge in [-0.15, -0.1) is 0 Å². The van der Waals surface area contributed by atoms with E-state index in [9.17, 15) is 0 Å². The van der Waals surface area contributed by atoms with E-state index in [-0.39, 0.29) is 0 Å². The molecule has 0 spiro atoms. The molecule has 2 nitrogen and oxygen atoms in total. The number of benzene rings is 2. The summed E-state index contributed by atoms with van der Waals surface area (Å²) in [6.07, 6.45) is 2.16.